The second-order valence-electron chi connectivity index (χ2n) is 2.53. The van der Waals surface area contributed by atoms with Crippen LogP contribution in [0.5, 0.6) is 5.75 Å². The Kier molecular flexibility index (Phi) is 1.77. The molecule has 0 unspecified atom stereocenters. The number of fused-ring (bicyclic) bond motifs is 1. The molecular weight excluding hydrogens is 216 g/mol. The molecule has 2 aromatic rings. The number of rotatable bonds is 0. The molecule has 0 heterocycles. The lowest BCUT2D eigenvalue weighted by atomic mass is 10.1. The smallest absolute Gasteiger partial charge is 0.131 e. The third kappa shape index (κ3) is 1.08. The topological polar surface area (TPSA) is 20.2 Å². The van der Waals surface area contributed by atoms with Gasteiger partial charge in [-0.05, 0) is 11.5 Å². The van der Waals surface area contributed by atoms with Crippen LogP contribution in [0.2, 0.25) is 0 Å². The number of aromatic hydroxyl groups is 1. The number of phenolic OH excluding ortho intramolecular Hbond substituents is 1. The van der Waals surface area contributed by atoms with Crippen molar-refractivity contribution in [3.8, 4) is 5.75 Å². The summed E-state index contributed by atoms with van der Waals surface area (Å²) in [5, 5.41) is 11.3. The third-order valence-corrected chi connectivity index (χ3v) is 2.43. The second-order valence-corrected chi connectivity index (χ2v) is 3.39. The van der Waals surface area contributed by atoms with Crippen LogP contribution in [-0.2, 0) is 0 Å². The van der Waals surface area contributed by atoms with E-state index in [2.05, 4.69) is 22.0 Å². The maximum Gasteiger partial charge on any atom is 0.131 e. The van der Waals surface area contributed by atoms with Crippen LogP contribution >= 0.6 is 15.9 Å². The lowest BCUT2D eigenvalue weighted by molar-refractivity contribution is 0.480. The fourth-order valence-electron chi connectivity index (χ4n) is 1.19. The number of phenols is 1. The van der Waals surface area contributed by atoms with Crippen molar-refractivity contribution < 1.29 is 5.11 Å². The van der Waals surface area contributed by atoms with Crippen molar-refractivity contribution >= 4 is 26.7 Å². The predicted molar refractivity (Wildman–Crippen MR) is 52.1 cm³/mol. The van der Waals surface area contributed by atoms with Gasteiger partial charge in [0.2, 0.25) is 0 Å². The number of hydrogen-bond acceptors (Lipinski definition) is 1. The first-order valence-electron chi connectivity index (χ1n) is 3.57. The van der Waals surface area contributed by atoms with Crippen LogP contribution in [0.1, 0.15) is 0 Å². The summed E-state index contributed by atoms with van der Waals surface area (Å²) in [4.78, 5) is 0. The molecule has 2 rings (SSSR count). The summed E-state index contributed by atoms with van der Waals surface area (Å²) in [7, 11) is 0. The minimum atomic E-state index is 0.203. The fourth-order valence-corrected chi connectivity index (χ4v) is 1.65. The van der Waals surface area contributed by atoms with Crippen LogP contribution in [-0.4, -0.2) is 5.11 Å². The van der Waals surface area contributed by atoms with Gasteiger partial charge in [-0.1, -0.05) is 40.2 Å². The molecule has 0 saturated heterocycles. The Bertz CT molecular complexity index is 383. The first-order valence-corrected chi connectivity index (χ1v) is 4.36. The zero-order valence-electron chi connectivity index (χ0n) is 6.21. The van der Waals surface area contributed by atoms with Crippen LogP contribution in [0.25, 0.3) is 10.8 Å². The molecule has 1 nitrogen and oxygen atoms in total. The molecule has 0 spiro atoms. The van der Waals surface area contributed by atoms with Gasteiger partial charge in [-0.2, -0.15) is 0 Å². The van der Waals surface area contributed by atoms with Crippen molar-refractivity contribution in [3.63, 3.8) is 0 Å². The molecule has 0 aromatic heterocycles. The standard InChI is InChI=1S/C10H6BrO/c11-9-5-6-10(12)8-4-2-1-3-7(8)9/h1-5,12H. The molecule has 1 N–H and O–H groups in total. The molecule has 59 valence electrons. The molecule has 0 aliphatic heterocycles. The molecule has 0 atom stereocenters. The largest absolute Gasteiger partial charge is 0.507 e. The van der Waals surface area contributed by atoms with E-state index in [1.807, 2.05) is 24.3 Å². The number of halogens is 1. The van der Waals surface area contributed by atoms with Crippen molar-refractivity contribution in [2.45, 2.75) is 0 Å². The number of benzene rings is 2. The van der Waals surface area contributed by atoms with Crippen molar-refractivity contribution in [2.75, 3.05) is 0 Å². The van der Waals surface area contributed by atoms with Gasteiger partial charge in [0.05, 0.1) is 0 Å². The summed E-state index contributed by atoms with van der Waals surface area (Å²) >= 11 is 3.39. The average molecular weight is 222 g/mol. The van der Waals surface area contributed by atoms with Crippen molar-refractivity contribution in [3.05, 3.63) is 40.9 Å². The normalized spacial score (nSPS) is 10.4. The van der Waals surface area contributed by atoms with Crippen molar-refractivity contribution in [1.29, 1.82) is 0 Å². The molecule has 0 aliphatic carbocycles. The second kappa shape index (κ2) is 2.79. The molecule has 0 amide bonds. The SMILES string of the molecule is Oc1[c]cc(Br)c2ccccc12. The summed E-state index contributed by atoms with van der Waals surface area (Å²) in [6, 6.07) is 12.1. The van der Waals surface area contributed by atoms with E-state index in [-0.39, 0.29) is 5.75 Å². The highest BCUT2D eigenvalue weighted by Gasteiger charge is 2.01. The quantitative estimate of drug-likeness (QED) is 0.725. The van der Waals surface area contributed by atoms with Gasteiger partial charge in [0.1, 0.15) is 5.75 Å². The van der Waals surface area contributed by atoms with Crippen molar-refractivity contribution in [1.82, 2.24) is 0 Å². The van der Waals surface area contributed by atoms with Crippen LogP contribution in [0.4, 0.5) is 0 Å². The van der Waals surface area contributed by atoms with E-state index in [0.717, 1.165) is 15.2 Å². The maximum atomic E-state index is 9.42. The summed E-state index contributed by atoms with van der Waals surface area (Å²) < 4.78 is 0.955. The van der Waals surface area contributed by atoms with Crippen LogP contribution in [0, 0.1) is 6.07 Å². The minimum Gasteiger partial charge on any atom is -0.507 e. The summed E-state index contributed by atoms with van der Waals surface area (Å²) in [5.41, 5.74) is 0. The molecule has 0 saturated carbocycles. The Morgan fingerprint density at radius 2 is 1.83 bits per heavy atom. The Morgan fingerprint density at radius 3 is 2.50 bits per heavy atom. The van der Waals surface area contributed by atoms with Gasteiger partial charge in [-0.15, -0.1) is 0 Å². The third-order valence-electron chi connectivity index (χ3n) is 1.78. The molecule has 1 radical (unpaired) electrons. The van der Waals surface area contributed by atoms with E-state index < -0.39 is 0 Å². The molecule has 0 aliphatic rings. The molecule has 2 aromatic carbocycles. The van der Waals surface area contributed by atoms with Crippen LogP contribution < -0.4 is 0 Å². The monoisotopic (exact) mass is 221 g/mol. The lowest BCUT2D eigenvalue weighted by Gasteiger charge is -2.01. The van der Waals surface area contributed by atoms with Crippen LogP contribution in [0.3, 0.4) is 0 Å². The Labute approximate surface area is 78.8 Å². The zero-order valence-corrected chi connectivity index (χ0v) is 7.80. The van der Waals surface area contributed by atoms with Gasteiger partial charge >= 0.3 is 0 Å². The van der Waals surface area contributed by atoms with E-state index in [1.165, 1.54) is 0 Å². The van der Waals surface area contributed by atoms with Gasteiger partial charge in [0, 0.05) is 15.9 Å². The maximum absolute atomic E-state index is 9.42. The van der Waals surface area contributed by atoms with Crippen LogP contribution in [0.15, 0.2) is 34.8 Å². The molecular formula is C10H6BrO. The van der Waals surface area contributed by atoms with Gasteiger partial charge in [-0.25, -0.2) is 0 Å². The van der Waals surface area contributed by atoms with E-state index in [0.29, 0.717) is 0 Å². The van der Waals surface area contributed by atoms with Gasteiger partial charge in [-0.3, -0.25) is 0 Å². The minimum absolute atomic E-state index is 0.203. The van der Waals surface area contributed by atoms with E-state index >= 15 is 0 Å². The van der Waals surface area contributed by atoms with Gasteiger partial charge < -0.3 is 5.11 Å². The highest BCUT2D eigenvalue weighted by molar-refractivity contribution is 9.10. The van der Waals surface area contributed by atoms with E-state index in [4.69, 9.17) is 0 Å². The first kappa shape index (κ1) is 7.62. The van der Waals surface area contributed by atoms with Crippen molar-refractivity contribution in [2.24, 2.45) is 0 Å². The van der Waals surface area contributed by atoms with E-state index in [9.17, 15) is 5.11 Å². The van der Waals surface area contributed by atoms with E-state index in [1.54, 1.807) is 6.07 Å². The number of hydrogen-bond donors (Lipinski definition) is 1. The summed E-state index contributed by atoms with van der Waals surface area (Å²) in [5.74, 6) is 0.203. The molecule has 12 heavy (non-hydrogen) atoms. The Morgan fingerprint density at radius 1 is 1.17 bits per heavy atom. The highest BCUT2D eigenvalue weighted by Crippen LogP contribution is 2.29. The zero-order chi connectivity index (χ0) is 8.55. The molecule has 0 fully saturated rings. The highest BCUT2D eigenvalue weighted by atomic mass is 79.9. The Hall–Kier alpha value is -1.02. The summed E-state index contributed by atoms with van der Waals surface area (Å²) in [6.45, 7) is 0. The van der Waals surface area contributed by atoms with Gasteiger partial charge in [0.15, 0.2) is 0 Å². The van der Waals surface area contributed by atoms with Gasteiger partial charge in [0.25, 0.3) is 0 Å². The Balaban J connectivity index is 2.95. The fraction of sp³-hybridized carbons (Fsp3) is 0. The lowest BCUT2D eigenvalue weighted by Crippen LogP contribution is -1.74. The molecule has 2 heteroatoms. The average Bonchev–Trinajstić information content (AvgIpc) is 2.12. The first-order chi connectivity index (χ1) is 5.79. The molecule has 0 bridgehead atoms. The summed E-state index contributed by atoms with van der Waals surface area (Å²) in [6.07, 6.45) is 0. The predicted octanol–water partition coefficient (Wildman–Crippen LogP) is 3.11.